The summed E-state index contributed by atoms with van der Waals surface area (Å²) in [6.45, 7) is 0. The molecule has 0 unspecified atom stereocenters. The molecular weight excluding hydrogens is 280 g/mol. The summed E-state index contributed by atoms with van der Waals surface area (Å²) >= 11 is 0. The van der Waals surface area contributed by atoms with Crippen molar-refractivity contribution >= 4 is 23.2 Å². The molecule has 0 spiro atoms. The number of benzene rings is 2. The fraction of sp³-hybridized carbons (Fsp3) is 0.125. The topological polar surface area (TPSA) is 71.5 Å². The molecule has 6 nitrogen and oxygen atoms in total. The third-order valence-electron chi connectivity index (χ3n) is 3.18. The van der Waals surface area contributed by atoms with Gasteiger partial charge in [0.1, 0.15) is 0 Å². The summed E-state index contributed by atoms with van der Waals surface area (Å²) in [5.74, 6) is 1.94. The van der Waals surface area contributed by atoms with Crippen LogP contribution in [-0.4, -0.2) is 30.4 Å². The van der Waals surface area contributed by atoms with E-state index in [1.807, 2.05) is 42.5 Å². The number of ether oxygens (including phenoxy) is 2. The van der Waals surface area contributed by atoms with Crippen molar-refractivity contribution in [2.75, 3.05) is 19.6 Å². The second-order valence-corrected chi connectivity index (χ2v) is 4.59. The van der Waals surface area contributed by atoms with Crippen molar-refractivity contribution in [1.82, 2.24) is 9.97 Å². The molecule has 0 fully saturated rings. The minimum atomic E-state index is 0.595. The van der Waals surface area contributed by atoms with Gasteiger partial charge in [-0.2, -0.15) is 5.10 Å². The number of imidazole rings is 1. The van der Waals surface area contributed by atoms with Crippen LogP contribution in [0.1, 0.15) is 5.56 Å². The molecule has 0 radical (unpaired) electrons. The van der Waals surface area contributed by atoms with Crippen LogP contribution in [0.15, 0.2) is 47.6 Å². The number of aromatic amines is 1. The van der Waals surface area contributed by atoms with Crippen molar-refractivity contribution in [2.45, 2.75) is 0 Å². The molecule has 2 N–H and O–H groups in total. The molecule has 0 amide bonds. The highest BCUT2D eigenvalue weighted by molar-refractivity contribution is 5.82. The summed E-state index contributed by atoms with van der Waals surface area (Å²) in [6.07, 6.45) is 1.69. The molecule has 6 heteroatoms. The van der Waals surface area contributed by atoms with Crippen LogP contribution in [0.25, 0.3) is 11.0 Å². The Hall–Kier alpha value is -3.02. The smallest absolute Gasteiger partial charge is 0.222 e. The third kappa shape index (κ3) is 2.85. The van der Waals surface area contributed by atoms with Gasteiger partial charge in [-0.25, -0.2) is 10.4 Å². The van der Waals surface area contributed by atoms with Gasteiger partial charge in [-0.1, -0.05) is 12.1 Å². The number of methoxy groups -OCH3 is 2. The van der Waals surface area contributed by atoms with Crippen LogP contribution < -0.4 is 14.9 Å². The molecule has 0 saturated carbocycles. The van der Waals surface area contributed by atoms with E-state index in [9.17, 15) is 0 Å². The van der Waals surface area contributed by atoms with Crippen molar-refractivity contribution < 1.29 is 9.47 Å². The predicted molar refractivity (Wildman–Crippen MR) is 86.9 cm³/mol. The van der Waals surface area contributed by atoms with Gasteiger partial charge < -0.3 is 14.5 Å². The molecule has 0 aliphatic rings. The number of nitrogens with one attached hydrogen (secondary N) is 2. The van der Waals surface area contributed by atoms with Gasteiger partial charge in [0.25, 0.3) is 0 Å². The summed E-state index contributed by atoms with van der Waals surface area (Å²) in [7, 11) is 3.21. The van der Waals surface area contributed by atoms with E-state index >= 15 is 0 Å². The summed E-state index contributed by atoms with van der Waals surface area (Å²) in [5.41, 5.74) is 5.63. The van der Waals surface area contributed by atoms with Crippen LogP contribution in [-0.2, 0) is 0 Å². The van der Waals surface area contributed by atoms with Crippen molar-refractivity contribution in [1.29, 1.82) is 0 Å². The predicted octanol–water partition coefficient (Wildman–Crippen LogP) is 3.03. The molecule has 3 rings (SSSR count). The molecule has 1 heterocycles. The Labute approximate surface area is 127 Å². The van der Waals surface area contributed by atoms with Gasteiger partial charge in [0.2, 0.25) is 5.95 Å². The van der Waals surface area contributed by atoms with Crippen LogP contribution in [0.5, 0.6) is 11.5 Å². The van der Waals surface area contributed by atoms with Gasteiger partial charge >= 0.3 is 0 Å². The van der Waals surface area contributed by atoms with Crippen molar-refractivity contribution in [2.24, 2.45) is 5.10 Å². The fourth-order valence-corrected chi connectivity index (χ4v) is 2.11. The number of para-hydroxylation sites is 2. The number of hydrogen-bond donors (Lipinski definition) is 2. The molecule has 0 aliphatic carbocycles. The van der Waals surface area contributed by atoms with E-state index in [1.165, 1.54) is 0 Å². The number of anilines is 1. The van der Waals surface area contributed by atoms with Crippen LogP contribution in [0, 0.1) is 0 Å². The van der Waals surface area contributed by atoms with Crippen LogP contribution in [0.2, 0.25) is 0 Å². The SMILES string of the molecule is COc1ccc(/C=N/Nc2nc3ccccc3[nH]2)cc1OC. The minimum Gasteiger partial charge on any atom is -0.493 e. The zero-order valence-electron chi connectivity index (χ0n) is 12.3. The van der Waals surface area contributed by atoms with Crippen LogP contribution in [0.3, 0.4) is 0 Å². The van der Waals surface area contributed by atoms with Gasteiger partial charge in [0, 0.05) is 0 Å². The lowest BCUT2D eigenvalue weighted by molar-refractivity contribution is 0.355. The van der Waals surface area contributed by atoms with E-state index in [4.69, 9.17) is 9.47 Å². The van der Waals surface area contributed by atoms with Gasteiger partial charge in [-0.05, 0) is 35.9 Å². The van der Waals surface area contributed by atoms with Gasteiger partial charge in [0.15, 0.2) is 11.5 Å². The van der Waals surface area contributed by atoms with Crippen LogP contribution >= 0.6 is 0 Å². The van der Waals surface area contributed by atoms with Gasteiger partial charge in [0.05, 0.1) is 31.5 Å². The fourth-order valence-electron chi connectivity index (χ4n) is 2.11. The Morgan fingerprint density at radius 2 is 1.91 bits per heavy atom. The largest absolute Gasteiger partial charge is 0.493 e. The quantitative estimate of drug-likeness (QED) is 0.561. The van der Waals surface area contributed by atoms with Crippen molar-refractivity contribution in [3.8, 4) is 11.5 Å². The zero-order valence-corrected chi connectivity index (χ0v) is 12.3. The number of hydrogen-bond acceptors (Lipinski definition) is 5. The molecule has 112 valence electrons. The number of H-pyrrole nitrogens is 1. The molecule has 0 atom stereocenters. The summed E-state index contributed by atoms with van der Waals surface area (Å²) < 4.78 is 10.5. The van der Waals surface area contributed by atoms with E-state index < -0.39 is 0 Å². The Morgan fingerprint density at radius 1 is 1.09 bits per heavy atom. The maximum Gasteiger partial charge on any atom is 0.222 e. The van der Waals surface area contributed by atoms with Crippen LogP contribution in [0.4, 0.5) is 5.95 Å². The van der Waals surface area contributed by atoms with E-state index in [0.29, 0.717) is 17.4 Å². The van der Waals surface area contributed by atoms with Crippen molar-refractivity contribution in [3.05, 3.63) is 48.0 Å². The molecule has 0 saturated heterocycles. The lowest BCUT2D eigenvalue weighted by Crippen LogP contribution is -1.94. The Kier molecular flexibility index (Phi) is 3.91. The highest BCUT2D eigenvalue weighted by atomic mass is 16.5. The maximum atomic E-state index is 5.26. The molecule has 0 aliphatic heterocycles. The molecule has 22 heavy (non-hydrogen) atoms. The lowest BCUT2D eigenvalue weighted by Gasteiger charge is -2.07. The molecule has 3 aromatic rings. The summed E-state index contributed by atoms with van der Waals surface area (Å²) in [5, 5.41) is 4.17. The van der Waals surface area contributed by atoms with Gasteiger partial charge in [-0.3, -0.25) is 0 Å². The first-order chi connectivity index (χ1) is 10.8. The molecule has 2 aromatic carbocycles. The summed E-state index contributed by atoms with van der Waals surface area (Å²) in [6, 6.07) is 13.4. The molecule has 0 bridgehead atoms. The number of nitrogens with zero attached hydrogens (tertiary/aromatic N) is 2. The number of rotatable bonds is 5. The first-order valence-corrected chi connectivity index (χ1v) is 6.76. The standard InChI is InChI=1S/C16H16N4O2/c1-21-14-8-7-11(9-15(14)22-2)10-17-20-16-18-12-5-3-4-6-13(12)19-16/h3-10H,1-2H3,(H2,18,19,20)/b17-10+. The highest BCUT2D eigenvalue weighted by Gasteiger charge is 2.03. The maximum absolute atomic E-state index is 5.26. The van der Waals surface area contributed by atoms with E-state index in [-0.39, 0.29) is 0 Å². The first-order valence-electron chi connectivity index (χ1n) is 6.76. The Bertz CT molecular complexity index is 778. The third-order valence-corrected chi connectivity index (χ3v) is 3.18. The second kappa shape index (κ2) is 6.17. The van der Waals surface area contributed by atoms with E-state index in [1.54, 1.807) is 20.4 Å². The highest BCUT2D eigenvalue weighted by Crippen LogP contribution is 2.26. The number of fused-ring (bicyclic) bond motifs is 1. The summed E-state index contributed by atoms with van der Waals surface area (Å²) in [4.78, 5) is 7.52. The van der Waals surface area contributed by atoms with Gasteiger partial charge in [-0.15, -0.1) is 0 Å². The van der Waals surface area contributed by atoms with E-state index in [0.717, 1.165) is 16.6 Å². The number of hydrazone groups is 1. The lowest BCUT2D eigenvalue weighted by atomic mass is 10.2. The average Bonchev–Trinajstić information content (AvgIpc) is 2.97. The number of aromatic nitrogens is 2. The van der Waals surface area contributed by atoms with Crippen molar-refractivity contribution in [3.63, 3.8) is 0 Å². The average molecular weight is 296 g/mol. The monoisotopic (exact) mass is 296 g/mol. The molecular formula is C16H16N4O2. The minimum absolute atomic E-state index is 0.595. The zero-order chi connectivity index (χ0) is 15.4. The Balaban J connectivity index is 1.74. The molecule has 1 aromatic heterocycles. The normalized spacial score (nSPS) is 11.0. The van der Waals surface area contributed by atoms with E-state index in [2.05, 4.69) is 20.5 Å². The first kappa shape index (κ1) is 13.9. The Morgan fingerprint density at radius 3 is 2.68 bits per heavy atom. The second-order valence-electron chi connectivity index (χ2n) is 4.59.